The van der Waals surface area contributed by atoms with Gasteiger partial charge in [0.15, 0.2) is 0 Å². The van der Waals surface area contributed by atoms with Crippen molar-refractivity contribution in [1.82, 2.24) is 4.98 Å². The molecule has 0 aliphatic carbocycles. The summed E-state index contributed by atoms with van der Waals surface area (Å²) in [7, 11) is -2.57. The van der Waals surface area contributed by atoms with Crippen LogP contribution in [-0.4, -0.2) is 26.4 Å². The van der Waals surface area contributed by atoms with Crippen molar-refractivity contribution >= 4 is 27.3 Å². The minimum atomic E-state index is -4.07. The topological polar surface area (TPSA) is 97.4 Å². The predicted octanol–water partition coefficient (Wildman–Crippen LogP) is 3.90. The van der Waals surface area contributed by atoms with E-state index in [4.69, 9.17) is 4.74 Å². The van der Waals surface area contributed by atoms with Crippen LogP contribution in [0.15, 0.2) is 59.6 Å². The number of pyridine rings is 1. The van der Waals surface area contributed by atoms with Gasteiger partial charge < -0.3 is 10.1 Å². The highest BCUT2D eigenvalue weighted by molar-refractivity contribution is 7.92. The van der Waals surface area contributed by atoms with Crippen LogP contribution in [0.4, 0.5) is 15.8 Å². The van der Waals surface area contributed by atoms with Gasteiger partial charge in [0.2, 0.25) is 0 Å². The van der Waals surface area contributed by atoms with Crippen LogP contribution in [0, 0.1) is 19.7 Å². The van der Waals surface area contributed by atoms with E-state index in [1.165, 1.54) is 31.5 Å². The Balaban J connectivity index is 1.95. The summed E-state index contributed by atoms with van der Waals surface area (Å²) in [5, 5.41) is 2.56. The molecule has 1 amide bonds. The molecule has 30 heavy (non-hydrogen) atoms. The first-order chi connectivity index (χ1) is 14.2. The molecule has 0 spiro atoms. The van der Waals surface area contributed by atoms with Gasteiger partial charge in [0.1, 0.15) is 17.3 Å². The average Bonchev–Trinajstić information content (AvgIpc) is 2.71. The van der Waals surface area contributed by atoms with Gasteiger partial charge in [-0.15, -0.1) is 0 Å². The van der Waals surface area contributed by atoms with Gasteiger partial charge in [0, 0.05) is 12.3 Å². The van der Waals surface area contributed by atoms with E-state index in [0.29, 0.717) is 16.9 Å². The summed E-state index contributed by atoms with van der Waals surface area (Å²) in [6, 6.07) is 11.3. The predicted molar refractivity (Wildman–Crippen MR) is 112 cm³/mol. The van der Waals surface area contributed by atoms with Crippen molar-refractivity contribution in [1.29, 1.82) is 0 Å². The van der Waals surface area contributed by atoms with Crippen molar-refractivity contribution in [3.05, 3.63) is 77.4 Å². The number of aryl methyl sites for hydroxylation is 2. The number of aromatic nitrogens is 1. The van der Waals surface area contributed by atoms with Gasteiger partial charge in [-0.3, -0.25) is 14.5 Å². The Morgan fingerprint density at radius 2 is 1.80 bits per heavy atom. The fourth-order valence-electron chi connectivity index (χ4n) is 2.87. The fraction of sp³-hybridized carbons (Fsp3) is 0.143. The molecule has 9 heteroatoms. The molecule has 0 radical (unpaired) electrons. The molecule has 2 aromatic carbocycles. The quantitative estimate of drug-likeness (QED) is 0.619. The third kappa shape index (κ3) is 4.57. The SMILES string of the molecule is COc1cc(C)c(S(=O)(=O)Nc2cc(F)ccc2NC(=O)c2ccccn2)cc1C. The number of nitrogens with zero attached hydrogens (tertiary/aromatic N) is 1. The van der Waals surface area contributed by atoms with Gasteiger partial charge in [-0.1, -0.05) is 6.07 Å². The van der Waals surface area contributed by atoms with Gasteiger partial charge in [-0.2, -0.15) is 0 Å². The lowest BCUT2D eigenvalue weighted by Gasteiger charge is -2.16. The number of hydrogen-bond donors (Lipinski definition) is 2. The Bertz CT molecular complexity index is 1200. The van der Waals surface area contributed by atoms with Gasteiger partial charge in [-0.05, 0) is 61.4 Å². The van der Waals surface area contributed by atoms with Crippen molar-refractivity contribution in [3.63, 3.8) is 0 Å². The molecule has 0 saturated carbocycles. The van der Waals surface area contributed by atoms with Crippen LogP contribution in [0.3, 0.4) is 0 Å². The summed E-state index contributed by atoms with van der Waals surface area (Å²) in [5.74, 6) is -0.661. The Hall–Kier alpha value is -3.46. The van der Waals surface area contributed by atoms with Crippen molar-refractivity contribution in [2.45, 2.75) is 18.7 Å². The van der Waals surface area contributed by atoms with Crippen molar-refractivity contribution in [2.75, 3.05) is 17.1 Å². The number of sulfonamides is 1. The second-order valence-corrected chi connectivity index (χ2v) is 8.20. The number of amides is 1. The summed E-state index contributed by atoms with van der Waals surface area (Å²) in [6.07, 6.45) is 1.46. The number of hydrogen-bond acceptors (Lipinski definition) is 5. The van der Waals surface area contributed by atoms with Gasteiger partial charge in [-0.25, -0.2) is 12.8 Å². The molecular weight excluding hydrogens is 409 g/mol. The zero-order valence-electron chi connectivity index (χ0n) is 16.6. The van der Waals surface area contributed by atoms with Crippen molar-refractivity contribution < 1.29 is 22.3 Å². The van der Waals surface area contributed by atoms with Crippen LogP contribution >= 0.6 is 0 Å². The zero-order valence-corrected chi connectivity index (χ0v) is 17.4. The molecule has 0 saturated heterocycles. The number of carbonyl (C=O) groups is 1. The molecular formula is C21H20FN3O4S. The van der Waals surface area contributed by atoms with E-state index in [2.05, 4.69) is 15.0 Å². The van der Waals surface area contributed by atoms with Crippen LogP contribution in [0.5, 0.6) is 5.75 Å². The van der Waals surface area contributed by atoms with Crippen molar-refractivity contribution in [2.24, 2.45) is 0 Å². The van der Waals surface area contributed by atoms with Crippen LogP contribution < -0.4 is 14.8 Å². The third-order valence-electron chi connectivity index (χ3n) is 4.35. The summed E-state index contributed by atoms with van der Waals surface area (Å²) >= 11 is 0. The third-order valence-corrected chi connectivity index (χ3v) is 5.86. The monoisotopic (exact) mass is 429 g/mol. The summed E-state index contributed by atoms with van der Waals surface area (Å²) in [4.78, 5) is 16.4. The lowest BCUT2D eigenvalue weighted by atomic mass is 10.1. The van der Waals surface area contributed by atoms with E-state index in [1.54, 1.807) is 32.0 Å². The molecule has 0 atom stereocenters. The maximum absolute atomic E-state index is 13.9. The fourth-order valence-corrected chi connectivity index (χ4v) is 4.25. The highest BCUT2D eigenvalue weighted by Gasteiger charge is 2.21. The van der Waals surface area contributed by atoms with E-state index in [-0.39, 0.29) is 22.0 Å². The summed E-state index contributed by atoms with van der Waals surface area (Å²) < 4.78 is 47.4. The Kier molecular flexibility index (Phi) is 6.02. The second kappa shape index (κ2) is 8.50. The number of carbonyl (C=O) groups excluding carboxylic acids is 1. The zero-order chi connectivity index (χ0) is 21.9. The number of nitrogens with one attached hydrogen (secondary N) is 2. The van der Waals surface area contributed by atoms with E-state index >= 15 is 0 Å². The number of benzene rings is 2. The van der Waals surface area contributed by atoms with E-state index in [1.807, 2.05) is 0 Å². The number of rotatable bonds is 6. The number of methoxy groups -OCH3 is 1. The molecule has 156 valence electrons. The smallest absolute Gasteiger partial charge is 0.274 e. The Morgan fingerprint density at radius 3 is 2.47 bits per heavy atom. The standard InChI is InChI=1S/C21H20FN3O4S/c1-13-11-20(14(2)10-19(13)29-3)30(27,28)25-18-12-15(22)7-8-16(18)24-21(26)17-6-4-5-9-23-17/h4-12,25H,1-3H3,(H,24,26). The molecule has 1 heterocycles. The first-order valence-electron chi connectivity index (χ1n) is 8.91. The van der Waals surface area contributed by atoms with E-state index < -0.39 is 21.7 Å². The lowest BCUT2D eigenvalue weighted by molar-refractivity contribution is 0.102. The van der Waals surface area contributed by atoms with Crippen LogP contribution in [0.25, 0.3) is 0 Å². The first-order valence-corrected chi connectivity index (χ1v) is 10.4. The summed E-state index contributed by atoms with van der Waals surface area (Å²) in [5.41, 5.74) is 1.22. The second-order valence-electron chi connectivity index (χ2n) is 6.55. The number of ether oxygens (including phenoxy) is 1. The molecule has 2 N–H and O–H groups in total. The minimum Gasteiger partial charge on any atom is -0.496 e. The normalized spacial score (nSPS) is 11.1. The molecule has 0 aliphatic rings. The van der Waals surface area contributed by atoms with Crippen LogP contribution in [0.1, 0.15) is 21.6 Å². The number of anilines is 2. The highest BCUT2D eigenvalue weighted by atomic mass is 32.2. The molecule has 3 rings (SSSR count). The highest BCUT2D eigenvalue weighted by Crippen LogP contribution is 2.30. The maximum atomic E-state index is 13.9. The van der Waals surface area contributed by atoms with Gasteiger partial charge in [0.25, 0.3) is 15.9 Å². The minimum absolute atomic E-state index is 0.0204. The lowest BCUT2D eigenvalue weighted by Crippen LogP contribution is -2.18. The molecule has 1 aromatic heterocycles. The largest absolute Gasteiger partial charge is 0.496 e. The average molecular weight is 429 g/mol. The Morgan fingerprint density at radius 1 is 1.03 bits per heavy atom. The summed E-state index contributed by atoms with van der Waals surface area (Å²) in [6.45, 7) is 3.35. The molecule has 0 fully saturated rings. The van der Waals surface area contributed by atoms with E-state index in [9.17, 15) is 17.6 Å². The van der Waals surface area contributed by atoms with Crippen LogP contribution in [0.2, 0.25) is 0 Å². The molecule has 0 bridgehead atoms. The molecule has 0 aliphatic heterocycles. The molecule has 3 aromatic rings. The van der Waals surface area contributed by atoms with Gasteiger partial charge >= 0.3 is 0 Å². The number of halogens is 1. The van der Waals surface area contributed by atoms with Gasteiger partial charge in [0.05, 0.1) is 23.4 Å². The molecule has 0 unspecified atom stereocenters. The molecule has 7 nitrogen and oxygen atoms in total. The van der Waals surface area contributed by atoms with Crippen molar-refractivity contribution in [3.8, 4) is 5.75 Å². The Labute approximate surface area is 174 Å². The van der Waals surface area contributed by atoms with E-state index in [0.717, 1.165) is 12.1 Å². The first kappa shape index (κ1) is 21.3. The maximum Gasteiger partial charge on any atom is 0.274 e. The van der Waals surface area contributed by atoms with Crippen LogP contribution in [-0.2, 0) is 10.0 Å².